The van der Waals surface area contributed by atoms with Gasteiger partial charge in [-0.2, -0.15) is 0 Å². The lowest BCUT2D eigenvalue weighted by Gasteiger charge is -2.09. The van der Waals surface area contributed by atoms with Crippen LogP contribution in [0.25, 0.3) is 0 Å². The van der Waals surface area contributed by atoms with Crippen LogP contribution in [-0.4, -0.2) is 17.6 Å². The molecule has 0 bridgehead atoms. The third-order valence-electron chi connectivity index (χ3n) is 3.88. The smallest absolute Gasteiger partial charge is 0.263 e. The molecular weight excluding hydrogens is 335 g/mol. The van der Waals surface area contributed by atoms with Gasteiger partial charge in [0.25, 0.3) is 11.5 Å². The summed E-state index contributed by atoms with van der Waals surface area (Å²) in [5.74, 6) is -0.160. The predicted octanol–water partition coefficient (Wildman–Crippen LogP) is 3.30. The van der Waals surface area contributed by atoms with Crippen LogP contribution in [0.2, 0.25) is 0 Å². The van der Waals surface area contributed by atoms with Crippen molar-refractivity contribution >= 4 is 11.6 Å². The number of rotatable bonds is 5. The number of carbonyl (C=O) groups is 1. The number of ether oxygens (including phenoxy) is 1. The van der Waals surface area contributed by atoms with E-state index in [2.05, 4.69) is 5.32 Å². The van der Waals surface area contributed by atoms with E-state index in [0.717, 1.165) is 5.56 Å². The van der Waals surface area contributed by atoms with Crippen molar-refractivity contribution in [3.05, 3.63) is 94.2 Å². The Bertz CT molecular complexity index is 964. The molecule has 132 valence electrons. The van der Waals surface area contributed by atoms with Crippen molar-refractivity contribution in [3.8, 4) is 5.75 Å². The van der Waals surface area contributed by atoms with Crippen LogP contribution >= 0.6 is 0 Å². The number of hydrogen-bond acceptors (Lipinski definition) is 3. The maximum Gasteiger partial charge on any atom is 0.263 e. The molecule has 0 unspecified atom stereocenters. The van der Waals surface area contributed by atoms with Crippen LogP contribution in [0.3, 0.4) is 0 Å². The van der Waals surface area contributed by atoms with Crippen LogP contribution in [0.4, 0.5) is 10.1 Å². The first-order valence-electron chi connectivity index (χ1n) is 7.96. The summed E-state index contributed by atoms with van der Waals surface area (Å²) in [5.41, 5.74) is 0.943. The first-order chi connectivity index (χ1) is 12.6. The molecule has 1 N–H and O–H groups in total. The number of methoxy groups -OCH3 is 1. The highest BCUT2D eigenvalue weighted by molar-refractivity contribution is 6.04. The number of hydrogen-bond donors (Lipinski definition) is 1. The lowest BCUT2D eigenvalue weighted by atomic mass is 10.2. The van der Waals surface area contributed by atoms with E-state index < -0.39 is 11.5 Å². The van der Waals surface area contributed by atoms with Crippen molar-refractivity contribution in [2.24, 2.45) is 0 Å². The van der Waals surface area contributed by atoms with Crippen LogP contribution in [0.1, 0.15) is 15.9 Å². The molecule has 0 radical (unpaired) electrons. The van der Waals surface area contributed by atoms with Gasteiger partial charge in [0, 0.05) is 11.9 Å². The Kier molecular flexibility index (Phi) is 5.12. The normalized spacial score (nSPS) is 10.4. The van der Waals surface area contributed by atoms with Crippen molar-refractivity contribution < 1.29 is 13.9 Å². The maximum atomic E-state index is 13.0. The number of nitrogens with zero attached hydrogens (tertiary/aromatic N) is 1. The average Bonchev–Trinajstić information content (AvgIpc) is 2.66. The second kappa shape index (κ2) is 7.65. The molecule has 2 aromatic carbocycles. The Labute approximate surface area is 149 Å². The zero-order valence-electron chi connectivity index (χ0n) is 14.1. The lowest BCUT2D eigenvalue weighted by Crippen LogP contribution is -2.29. The van der Waals surface area contributed by atoms with Crippen LogP contribution < -0.4 is 15.6 Å². The average molecular weight is 352 g/mol. The van der Waals surface area contributed by atoms with Crippen molar-refractivity contribution in [2.45, 2.75) is 6.54 Å². The first kappa shape index (κ1) is 17.4. The Morgan fingerprint density at radius 2 is 1.77 bits per heavy atom. The van der Waals surface area contributed by atoms with E-state index in [0.29, 0.717) is 11.4 Å². The van der Waals surface area contributed by atoms with E-state index in [1.54, 1.807) is 55.8 Å². The topological polar surface area (TPSA) is 60.3 Å². The van der Waals surface area contributed by atoms with Gasteiger partial charge < -0.3 is 14.6 Å². The van der Waals surface area contributed by atoms with Gasteiger partial charge in [0.2, 0.25) is 0 Å². The Hall–Kier alpha value is -3.41. The third-order valence-corrected chi connectivity index (χ3v) is 3.88. The summed E-state index contributed by atoms with van der Waals surface area (Å²) in [6, 6.07) is 15.8. The van der Waals surface area contributed by atoms with Crippen molar-refractivity contribution in [2.75, 3.05) is 12.4 Å². The standard InChI is InChI=1S/C20H17FN2O3/c1-26-17-10-8-16(9-11-17)22-19(24)18-3-2-12-23(20(18)25)13-14-4-6-15(21)7-5-14/h2-12H,13H2,1H3,(H,22,24). The Balaban J connectivity index is 1.80. The van der Waals surface area contributed by atoms with E-state index in [1.807, 2.05) is 0 Å². The molecule has 0 aliphatic rings. The lowest BCUT2D eigenvalue weighted by molar-refractivity contribution is 0.102. The minimum atomic E-state index is -0.492. The van der Waals surface area contributed by atoms with Crippen LogP contribution in [-0.2, 0) is 6.54 Å². The first-order valence-corrected chi connectivity index (χ1v) is 7.96. The quantitative estimate of drug-likeness (QED) is 0.766. The summed E-state index contributed by atoms with van der Waals surface area (Å²) in [6.45, 7) is 0.253. The van der Waals surface area contributed by atoms with Gasteiger partial charge in [-0.1, -0.05) is 12.1 Å². The fraction of sp³-hybridized carbons (Fsp3) is 0.100. The molecule has 6 heteroatoms. The largest absolute Gasteiger partial charge is 0.497 e. The molecule has 0 aliphatic carbocycles. The third kappa shape index (κ3) is 3.97. The number of halogens is 1. The number of anilines is 1. The molecule has 0 atom stereocenters. The number of carbonyl (C=O) groups excluding carboxylic acids is 1. The molecule has 0 fully saturated rings. The molecule has 0 saturated heterocycles. The molecule has 1 aromatic heterocycles. The van der Waals surface area contributed by atoms with E-state index in [4.69, 9.17) is 4.74 Å². The van der Waals surface area contributed by atoms with Gasteiger partial charge in [0.05, 0.1) is 13.7 Å². The van der Waals surface area contributed by atoms with E-state index >= 15 is 0 Å². The minimum Gasteiger partial charge on any atom is -0.497 e. The van der Waals surface area contributed by atoms with Gasteiger partial charge in [-0.25, -0.2) is 4.39 Å². The molecule has 5 nitrogen and oxygen atoms in total. The minimum absolute atomic E-state index is 0.0328. The summed E-state index contributed by atoms with van der Waals surface area (Å²) in [4.78, 5) is 25.0. The Morgan fingerprint density at radius 3 is 2.42 bits per heavy atom. The SMILES string of the molecule is COc1ccc(NC(=O)c2cccn(Cc3ccc(F)cc3)c2=O)cc1. The van der Waals surface area contributed by atoms with Crippen molar-refractivity contribution in [1.29, 1.82) is 0 Å². The van der Waals surface area contributed by atoms with Gasteiger partial charge >= 0.3 is 0 Å². The zero-order chi connectivity index (χ0) is 18.5. The number of aromatic nitrogens is 1. The van der Waals surface area contributed by atoms with Crippen molar-refractivity contribution in [1.82, 2.24) is 4.57 Å². The van der Waals surface area contributed by atoms with Crippen LogP contribution in [0.15, 0.2) is 71.7 Å². The number of amides is 1. The maximum absolute atomic E-state index is 13.0. The predicted molar refractivity (Wildman–Crippen MR) is 97.2 cm³/mol. The highest BCUT2D eigenvalue weighted by atomic mass is 19.1. The van der Waals surface area contributed by atoms with Crippen LogP contribution in [0, 0.1) is 5.82 Å². The number of nitrogens with one attached hydrogen (secondary N) is 1. The van der Waals surface area contributed by atoms with Gasteiger partial charge in [0.1, 0.15) is 17.1 Å². The highest BCUT2D eigenvalue weighted by Gasteiger charge is 2.12. The number of pyridine rings is 1. The Morgan fingerprint density at radius 1 is 1.08 bits per heavy atom. The summed E-state index contributed by atoms with van der Waals surface area (Å²) < 4.78 is 19.5. The van der Waals surface area contributed by atoms with Gasteiger partial charge in [-0.3, -0.25) is 9.59 Å². The molecule has 3 rings (SSSR count). The molecule has 1 heterocycles. The van der Waals surface area contributed by atoms with Crippen molar-refractivity contribution in [3.63, 3.8) is 0 Å². The molecule has 26 heavy (non-hydrogen) atoms. The fourth-order valence-electron chi connectivity index (χ4n) is 2.49. The molecule has 3 aromatic rings. The highest BCUT2D eigenvalue weighted by Crippen LogP contribution is 2.15. The van der Waals surface area contributed by atoms with Crippen LogP contribution in [0.5, 0.6) is 5.75 Å². The molecule has 0 saturated carbocycles. The molecule has 0 spiro atoms. The summed E-state index contributed by atoms with van der Waals surface area (Å²) >= 11 is 0. The molecular formula is C20H17FN2O3. The monoisotopic (exact) mass is 352 g/mol. The van der Waals surface area contributed by atoms with E-state index in [1.165, 1.54) is 22.8 Å². The summed E-state index contributed by atoms with van der Waals surface area (Å²) in [7, 11) is 1.56. The number of benzene rings is 2. The fourth-order valence-corrected chi connectivity index (χ4v) is 2.49. The van der Waals surface area contributed by atoms with Gasteiger partial charge in [-0.05, 0) is 54.1 Å². The summed E-state index contributed by atoms with van der Waals surface area (Å²) in [5, 5.41) is 2.69. The second-order valence-corrected chi connectivity index (χ2v) is 5.66. The zero-order valence-corrected chi connectivity index (χ0v) is 14.1. The van der Waals surface area contributed by atoms with E-state index in [9.17, 15) is 14.0 Å². The van der Waals surface area contributed by atoms with Gasteiger partial charge in [0.15, 0.2) is 0 Å². The molecule has 1 amide bonds. The van der Waals surface area contributed by atoms with Gasteiger partial charge in [-0.15, -0.1) is 0 Å². The summed E-state index contributed by atoms with van der Waals surface area (Å²) in [6.07, 6.45) is 1.59. The van der Waals surface area contributed by atoms with E-state index in [-0.39, 0.29) is 17.9 Å². The molecule has 0 aliphatic heterocycles. The second-order valence-electron chi connectivity index (χ2n) is 5.66.